The van der Waals surface area contributed by atoms with Crippen molar-refractivity contribution in [3.63, 3.8) is 0 Å². The zero-order valence-corrected chi connectivity index (χ0v) is 15.3. The molecule has 0 amide bonds. The number of pyridine rings is 1. The van der Waals surface area contributed by atoms with Crippen LogP contribution >= 0.6 is 0 Å². The van der Waals surface area contributed by atoms with Gasteiger partial charge in [0.1, 0.15) is 5.75 Å². The van der Waals surface area contributed by atoms with Crippen LogP contribution in [0.3, 0.4) is 0 Å². The van der Waals surface area contributed by atoms with Crippen molar-refractivity contribution in [2.45, 2.75) is 0 Å². The SMILES string of the molecule is COc1ccc2nc3c(C(=O)c4cccc5ccccc45)cccc3cc2c1. The van der Waals surface area contributed by atoms with Crippen molar-refractivity contribution < 1.29 is 9.53 Å². The average molecular weight is 363 g/mol. The maximum atomic E-state index is 13.5. The van der Waals surface area contributed by atoms with E-state index in [0.717, 1.165) is 38.3 Å². The van der Waals surface area contributed by atoms with Crippen molar-refractivity contribution in [2.75, 3.05) is 7.11 Å². The van der Waals surface area contributed by atoms with Gasteiger partial charge in [0.05, 0.1) is 18.1 Å². The second-order valence-corrected chi connectivity index (χ2v) is 6.78. The van der Waals surface area contributed by atoms with Gasteiger partial charge in [-0.15, -0.1) is 0 Å². The number of benzene rings is 4. The van der Waals surface area contributed by atoms with E-state index in [2.05, 4.69) is 6.07 Å². The summed E-state index contributed by atoms with van der Waals surface area (Å²) < 4.78 is 5.31. The molecule has 0 N–H and O–H groups in total. The zero-order valence-electron chi connectivity index (χ0n) is 15.3. The molecule has 0 saturated carbocycles. The first kappa shape index (κ1) is 16.5. The number of fused-ring (bicyclic) bond motifs is 3. The fraction of sp³-hybridized carbons (Fsp3) is 0.0400. The highest BCUT2D eigenvalue weighted by Crippen LogP contribution is 2.28. The van der Waals surface area contributed by atoms with Gasteiger partial charge in [-0.25, -0.2) is 4.98 Å². The van der Waals surface area contributed by atoms with Crippen molar-refractivity contribution in [3.8, 4) is 5.75 Å². The monoisotopic (exact) mass is 363 g/mol. The van der Waals surface area contributed by atoms with Gasteiger partial charge in [-0.1, -0.05) is 54.6 Å². The molecule has 3 heteroatoms. The maximum absolute atomic E-state index is 13.5. The number of hydrogen-bond acceptors (Lipinski definition) is 3. The van der Waals surface area contributed by atoms with E-state index in [1.54, 1.807) is 7.11 Å². The van der Waals surface area contributed by atoms with E-state index in [0.29, 0.717) is 11.1 Å². The summed E-state index contributed by atoms with van der Waals surface area (Å²) in [6.45, 7) is 0. The highest BCUT2D eigenvalue weighted by Gasteiger charge is 2.16. The van der Waals surface area contributed by atoms with Crippen molar-refractivity contribution in [2.24, 2.45) is 0 Å². The molecule has 0 bridgehead atoms. The summed E-state index contributed by atoms with van der Waals surface area (Å²) in [6.07, 6.45) is 0. The first-order valence-electron chi connectivity index (χ1n) is 9.14. The molecule has 0 spiro atoms. The van der Waals surface area contributed by atoms with Crippen LogP contribution in [0.25, 0.3) is 32.6 Å². The Hall–Kier alpha value is -3.72. The molecule has 0 fully saturated rings. The summed E-state index contributed by atoms with van der Waals surface area (Å²) in [6, 6.07) is 27.4. The molecule has 1 aromatic heterocycles. The lowest BCUT2D eigenvalue weighted by atomic mass is 9.95. The molecule has 0 saturated heterocycles. The molecule has 0 unspecified atom stereocenters. The number of para-hydroxylation sites is 1. The van der Waals surface area contributed by atoms with E-state index in [4.69, 9.17) is 9.72 Å². The molecule has 0 aliphatic heterocycles. The first-order valence-corrected chi connectivity index (χ1v) is 9.14. The van der Waals surface area contributed by atoms with E-state index in [-0.39, 0.29) is 5.78 Å². The van der Waals surface area contributed by atoms with Gasteiger partial charge in [-0.3, -0.25) is 4.79 Å². The van der Waals surface area contributed by atoms with E-state index in [1.165, 1.54) is 0 Å². The normalized spacial score (nSPS) is 11.2. The summed E-state index contributed by atoms with van der Waals surface area (Å²) in [7, 11) is 1.65. The average Bonchev–Trinajstić information content (AvgIpc) is 2.76. The number of nitrogens with zero attached hydrogens (tertiary/aromatic N) is 1. The second kappa shape index (κ2) is 6.46. The fourth-order valence-corrected chi connectivity index (χ4v) is 3.72. The predicted octanol–water partition coefficient (Wildman–Crippen LogP) is 5.78. The second-order valence-electron chi connectivity index (χ2n) is 6.78. The summed E-state index contributed by atoms with van der Waals surface area (Å²) in [4.78, 5) is 18.3. The highest BCUT2D eigenvalue weighted by molar-refractivity contribution is 6.21. The largest absolute Gasteiger partial charge is 0.497 e. The number of carbonyl (C=O) groups excluding carboxylic acids is 1. The Bertz CT molecular complexity index is 1370. The van der Waals surface area contributed by atoms with Gasteiger partial charge in [-0.2, -0.15) is 0 Å². The number of methoxy groups -OCH3 is 1. The van der Waals surface area contributed by atoms with E-state index in [1.807, 2.05) is 78.9 Å². The quantitative estimate of drug-likeness (QED) is 0.301. The smallest absolute Gasteiger partial charge is 0.195 e. The first-order chi connectivity index (χ1) is 13.7. The van der Waals surface area contributed by atoms with Gasteiger partial charge in [0.25, 0.3) is 0 Å². The summed E-state index contributed by atoms with van der Waals surface area (Å²) in [5.41, 5.74) is 2.87. The zero-order chi connectivity index (χ0) is 19.1. The van der Waals surface area contributed by atoms with Gasteiger partial charge in [0.2, 0.25) is 0 Å². The van der Waals surface area contributed by atoms with Crippen LogP contribution in [0.1, 0.15) is 15.9 Å². The highest BCUT2D eigenvalue weighted by atomic mass is 16.5. The molecule has 5 aromatic rings. The molecule has 0 aliphatic rings. The van der Waals surface area contributed by atoms with Crippen LogP contribution in [0.2, 0.25) is 0 Å². The molecule has 1 heterocycles. The van der Waals surface area contributed by atoms with Gasteiger partial charge < -0.3 is 4.74 Å². The molecule has 4 aromatic carbocycles. The van der Waals surface area contributed by atoms with Crippen LogP contribution in [0.5, 0.6) is 5.75 Å². The third kappa shape index (κ3) is 2.60. The van der Waals surface area contributed by atoms with Crippen LogP contribution < -0.4 is 4.74 Å². The third-order valence-electron chi connectivity index (χ3n) is 5.12. The van der Waals surface area contributed by atoms with Crippen LogP contribution in [-0.4, -0.2) is 17.9 Å². The van der Waals surface area contributed by atoms with Gasteiger partial charge in [-0.05, 0) is 41.1 Å². The van der Waals surface area contributed by atoms with Crippen molar-refractivity contribution >= 4 is 38.4 Å². The minimum atomic E-state index is -0.0113. The van der Waals surface area contributed by atoms with Crippen molar-refractivity contribution in [3.05, 3.63) is 96.1 Å². The Kier molecular flexibility index (Phi) is 3.80. The summed E-state index contributed by atoms with van der Waals surface area (Å²) >= 11 is 0. The summed E-state index contributed by atoms with van der Waals surface area (Å²) in [5, 5.41) is 3.94. The minimum absolute atomic E-state index is 0.0113. The lowest BCUT2D eigenvalue weighted by molar-refractivity contribution is 0.104. The number of hydrogen-bond donors (Lipinski definition) is 0. The van der Waals surface area contributed by atoms with Crippen LogP contribution in [-0.2, 0) is 0 Å². The van der Waals surface area contributed by atoms with Crippen molar-refractivity contribution in [1.29, 1.82) is 0 Å². The number of ether oxygens (including phenoxy) is 1. The Morgan fingerprint density at radius 3 is 2.36 bits per heavy atom. The Morgan fingerprint density at radius 2 is 1.50 bits per heavy atom. The maximum Gasteiger partial charge on any atom is 0.195 e. The number of ketones is 1. The summed E-state index contributed by atoms with van der Waals surface area (Å²) in [5.74, 6) is 0.777. The van der Waals surface area contributed by atoms with Crippen molar-refractivity contribution in [1.82, 2.24) is 4.98 Å². The Labute approximate surface area is 162 Å². The number of carbonyl (C=O) groups is 1. The number of rotatable bonds is 3. The topological polar surface area (TPSA) is 39.2 Å². The third-order valence-corrected chi connectivity index (χ3v) is 5.12. The van der Waals surface area contributed by atoms with Crippen LogP contribution in [0.4, 0.5) is 0 Å². The number of aromatic nitrogens is 1. The lowest BCUT2D eigenvalue weighted by Gasteiger charge is -2.10. The molecule has 0 radical (unpaired) electrons. The van der Waals surface area contributed by atoms with E-state index >= 15 is 0 Å². The Morgan fingerprint density at radius 1 is 0.750 bits per heavy atom. The molecule has 134 valence electrons. The van der Waals surface area contributed by atoms with Gasteiger partial charge >= 0.3 is 0 Å². The minimum Gasteiger partial charge on any atom is -0.497 e. The van der Waals surface area contributed by atoms with Crippen LogP contribution in [0.15, 0.2) is 84.9 Å². The Balaban J connectivity index is 1.74. The standard InChI is InChI=1S/C25H17NO2/c1-28-19-12-13-23-18(15-19)14-17-8-5-11-22(24(17)26-23)25(27)21-10-4-7-16-6-2-3-9-20(16)21/h2-15H,1H3. The molecule has 0 aliphatic carbocycles. The van der Waals surface area contributed by atoms with E-state index in [9.17, 15) is 4.79 Å². The van der Waals surface area contributed by atoms with Gasteiger partial charge in [0.15, 0.2) is 5.78 Å². The molecule has 0 atom stereocenters. The van der Waals surface area contributed by atoms with Gasteiger partial charge in [0, 0.05) is 21.9 Å². The molecular formula is C25H17NO2. The fourth-order valence-electron chi connectivity index (χ4n) is 3.72. The molecular weight excluding hydrogens is 346 g/mol. The predicted molar refractivity (Wildman–Crippen MR) is 113 cm³/mol. The van der Waals surface area contributed by atoms with E-state index < -0.39 is 0 Å². The molecule has 28 heavy (non-hydrogen) atoms. The van der Waals surface area contributed by atoms with Crippen LogP contribution in [0, 0.1) is 0 Å². The molecule has 5 rings (SSSR count). The molecule has 3 nitrogen and oxygen atoms in total. The lowest BCUT2D eigenvalue weighted by Crippen LogP contribution is -2.04.